The van der Waals surface area contributed by atoms with Crippen molar-refractivity contribution >= 4 is 6.03 Å². The smallest absolute Gasteiger partial charge is 0.317 e. The summed E-state index contributed by atoms with van der Waals surface area (Å²) in [6.45, 7) is 9.77. The lowest BCUT2D eigenvalue weighted by Gasteiger charge is -2.32. The van der Waals surface area contributed by atoms with Gasteiger partial charge in [0.1, 0.15) is 0 Å². The number of nitrogens with one attached hydrogen (secondary N) is 2. The van der Waals surface area contributed by atoms with E-state index < -0.39 is 0 Å². The number of amides is 2. The number of rotatable bonds is 3. The van der Waals surface area contributed by atoms with E-state index in [1.54, 1.807) is 0 Å². The highest BCUT2D eigenvalue weighted by Gasteiger charge is 2.23. The first-order valence-corrected chi connectivity index (χ1v) is 5.95. The summed E-state index contributed by atoms with van der Waals surface area (Å²) < 4.78 is 0. The topological polar surface area (TPSA) is 44.4 Å². The molecule has 2 N–H and O–H groups in total. The Morgan fingerprint density at radius 3 is 2.67 bits per heavy atom. The first-order chi connectivity index (χ1) is 7.19. The molecule has 2 unspecified atom stereocenters. The quantitative estimate of drug-likeness (QED) is 0.735. The summed E-state index contributed by atoms with van der Waals surface area (Å²) in [5.74, 6) is 0.526. The van der Waals surface area contributed by atoms with Gasteiger partial charge in [-0.2, -0.15) is 0 Å². The Morgan fingerprint density at radius 1 is 1.47 bits per heavy atom. The molecule has 0 spiro atoms. The molecule has 1 saturated heterocycles. The molecule has 15 heavy (non-hydrogen) atoms. The monoisotopic (exact) mass is 213 g/mol. The third-order valence-corrected chi connectivity index (χ3v) is 3.14. The Balaban J connectivity index is 2.41. The number of carbonyl (C=O) groups excluding carboxylic acids is 1. The molecule has 4 heteroatoms. The van der Waals surface area contributed by atoms with Crippen molar-refractivity contribution in [2.75, 3.05) is 26.2 Å². The molecule has 4 nitrogen and oxygen atoms in total. The van der Waals surface area contributed by atoms with E-state index in [-0.39, 0.29) is 6.03 Å². The van der Waals surface area contributed by atoms with E-state index in [9.17, 15) is 4.79 Å². The van der Waals surface area contributed by atoms with Gasteiger partial charge in [-0.3, -0.25) is 0 Å². The third kappa shape index (κ3) is 3.38. The summed E-state index contributed by atoms with van der Waals surface area (Å²) in [5, 5.41) is 6.45. The van der Waals surface area contributed by atoms with Gasteiger partial charge in [-0.1, -0.05) is 6.92 Å². The van der Waals surface area contributed by atoms with E-state index in [1.165, 1.54) is 0 Å². The van der Waals surface area contributed by atoms with Crippen molar-refractivity contribution in [3.63, 3.8) is 0 Å². The van der Waals surface area contributed by atoms with Crippen LogP contribution in [0.1, 0.15) is 27.2 Å². The molecule has 1 rings (SSSR count). The number of hydrogen-bond acceptors (Lipinski definition) is 2. The fourth-order valence-corrected chi connectivity index (χ4v) is 1.99. The van der Waals surface area contributed by atoms with Crippen LogP contribution in [-0.4, -0.2) is 43.2 Å². The average molecular weight is 213 g/mol. The van der Waals surface area contributed by atoms with Crippen LogP contribution in [0, 0.1) is 5.92 Å². The number of piperidine rings is 1. The van der Waals surface area contributed by atoms with Crippen LogP contribution >= 0.6 is 0 Å². The van der Waals surface area contributed by atoms with E-state index in [4.69, 9.17) is 0 Å². The van der Waals surface area contributed by atoms with Crippen molar-refractivity contribution < 1.29 is 4.79 Å². The Hall–Kier alpha value is -0.770. The Kier molecular flexibility index (Phi) is 4.88. The molecular formula is C11H23N3O. The molecule has 88 valence electrons. The highest BCUT2D eigenvalue weighted by Crippen LogP contribution is 2.10. The SMILES string of the molecule is CCN(CC)C(=O)NC1CCNCC1C. The van der Waals surface area contributed by atoms with E-state index in [1.807, 2.05) is 18.7 Å². The van der Waals surface area contributed by atoms with Gasteiger partial charge in [0.05, 0.1) is 0 Å². The zero-order chi connectivity index (χ0) is 11.3. The average Bonchev–Trinajstić information content (AvgIpc) is 2.23. The van der Waals surface area contributed by atoms with E-state index >= 15 is 0 Å². The minimum atomic E-state index is 0.0822. The molecular weight excluding hydrogens is 190 g/mol. The van der Waals surface area contributed by atoms with E-state index in [2.05, 4.69) is 17.6 Å². The van der Waals surface area contributed by atoms with Gasteiger partial charge in [0.25, 0.3) is 0 Å². The van der Waals surface area contributed by atoms with Crippen LogP contribution in [0.2, 0.25) is 0 Å². The van der Waals surface area contributed by atoms with Gasteiger partial charge in [-0.05, 0) is 39.3 Å². The van der Waals surface area contributed by atoms with Gasteiger partial charge in [-0.25, -0.2) is 4.79 Å². The minimum Gasteiger partial charge on any atom is -0.335 e. The van der Waals surface area contributed by atoms with Crippen molar-refractivity contribution in [2.45, 2.75) is 33.2 Å². The van der Waals surface area contributed by atoms with E-state index in [0.717, 1.165) is 32.6 Å². The molecule has 0 aromatic heterocycles. The maximum Gasteiger partial charge on any atom is 0.317 e. The largest absolute Gasteiger partial charge is 0.335 e. The molecule has 0 radical (unpaired) electrons. The molecule has 1 aliphatic rings. The van der Waals surface area contributed by atoms with Gasteiger partial charge in [0.2, 0.25) is 0 Å². The molecule has 0 saturated carbocycles. The zero-order valence-electron chi connectivity index (χ0n) is 10.0. The van der Waals surface area contributed by atoms with E-state index in [0.29, 0.717) is 12.0 Å². The van der Waals surface area contributed by atoms with Crippen molar-refractivity contribution in [1.29, 1.82) is 0 Å². The fourth-order valence-electron chi connectivity index (χ4n) is 1.99. The second kappa shape index (κ2) is 5.95. The Morgan fingerprint density at radius 2 is 2.13 bits per heavy atom. The van der Waals surface area contributed by atoms with Gasteiger partial charge in [0, 0.05) is 19.1 Å². The van der Waals surface area contributed by atoms with Gasteiger partial charge in [-0.15, -0.1) is 0 Å². The lowest BCUT2D eigenvalue weighted by atomic mass is 9.95. The predicted octanol–water partition coefficient (Wildman–Crippen LogP) is 1.04. The first kappa shape index (κ1) is 12.3. The number of carbonyl (C=O) groups is 1. The summed E-state index contributed by atoms with van der Waals surface area (Å²) in [5.41, 5.74) is 0. The van der Waals surface area contributed by atoms with Crippen LogP contribution in [0.4, 0.5) is 4.79 Å². The molecule has 0 aromatic carbocycles. The molecule has 2 amide bonds. The first-order valence-electron chi connectivity index (χ1n) is 5.95. The van der Waals surface area contributed by atoms with Crippen LogP contribution in [0.5, 0.6) is 0 Å². The van der Waals surface area contributed by atoms with Crippen LogP contribution in [0.25, 0.3) is 0 Å². The van der Waals surface area contributed by atoms with Crippen LogP contribution in [-0.2, 0) is 0 Å². The number of hydrogen-bond donors (Lipinski definition) is 2. The lowest BCUT2D eigenvalue weighted by Crippen LogP contribution is -2.52. The minimum absolute atomic E-state index is 0.0822. The fraction of sp³-hybridized carbons (Fsp3) is 0.909. The second-order valence-electron chi connectivity index (χ2n) is 4.20. The molecule has 0 aromatic rings. The molecule has 0 bridgehead atoms. The Labute approximate surface area is 92.4 Å². The second-order valence-corrected chi connectivity index (χ2v) is 4.20. The van der Waals surface area contributed by atoms with Crippen LogP contribution in [0.3, 0.4) is 0 Å². The number of nitrogens with zero attached hydrogens (tertiary/aromatic N) is 1. The van der Waals surface area contributed by atoms with Gasteiger partial charge in [0.15, 0.2) is 0 Å². The summed E-state index contributed by atoms with van der Waals surface area (Å²) in [6.07, 6.45) is 1.04. The molecule has 1 fully saturated rings. The maximum absolute atomic E-state index is 11.8. The highest BCUT2D eigenvalue weighted by molar-refractivity contribution is 5.74. The van der Waals surface area contributed by atoms with Crippen molar-refractivity contribution in [1.82, 2.24) is 15.5 Å². The molecule has 1 heterocycles. The number of urea groups is 1. The normalized spacial score (nSPS) is 26.1. The van der Waals surface area contributed by atoms with Crippen molar-refractivity contribution in [3.05, 3.63) is 0 Å². The molecule has 1 aliphatic heterocycles. The summed E-state index contributed by atoms with van der Waals surface area (Å²) in [6, 6.07) is 0.415. The Bertz CT molecular complexity index is 204. The lowest BCUT2D eigenvalue weighted by molar-refractivity contribution is 0.189. The maximum atomic E-state index is 11.8. The van der Waals surface area contributed by atoms with Gasteiger partial charge >= 0.3 is 6.03 Å². The summed E-state index contributed by atoms with van der Waals surface area (Å²) >= 11 is 0. The predicted molar refractivity (Wildman–Crippen MR) is 61.9 cm³/mol. The standard InChI is InChI=1S/C11H23N3O/c1-4-14(5-2)11(15)13-10-6-7-12-8-9(10)3/h9-10,12H,4-8H2,1-3H3,(H,13,15). The molecule has 2 atom stereocenters. The van der Waals surface area contributed by atoms with Crippen LogP contribution in [0.15, 0.2) is 0 Å². The summed E-state index contributed by atoms with van der Waals surface area (Å²) in [4.78, 5) is 13.6. The zero-order valence-corrected chi connectivity index (χ0v) is 10.0. The van der Waals surface area contributed by atoms with Crippen molar-refractivity contribution in [3.8, 4) is 0 Å². The summed E-state index contributed by atoms with van der Waals surface area (Å²) in [7, 11) is 0. The van der Waals surface area contributed by atoms with Crippen LogP contribution < -0.4 is 10.6 Å². The highest BCUT2D eigenvalue weighted by atomic mass is 16.2. The van der Waals surface area contributed by atoms with Gasteiger partial charge < -0.3 is 15.5 Å². The molecule has 0 aliphatic carbocycles. The third-order valence-electron chi connectivity index (χ3n) is 3.14. The van der Waals surface area contributed by atoms with Crippen molar-refractivity contribution in [2.24, 2.45) is 5.92 Å².